The highest BCUT2D eigenvalue weighted by Gasteiger charge is 2.20. The van der Waals surface area contributed by atoms with E-state index in [0.29, 0.717) is 0 Å². The van der Waals surface area contributed by atoms with Crippen molar-refractivity contribution in [3.63, 3.8) is 0 Å². The Balaban J connectivity index is 1.98. The number of hydrogen-bond donors (Lipinski definition) is 1. The maximum absolute atomic E-state index is 6.28. The van der Waals surface area contributed by atoms with Gasteiger partial charge in [-0.05, 0) is 35.2 Å². The summed E-state index contributed by atoms with van der Waals surface area (Å²) in [5, 5.41) is 6.40. The summed E-state index contributed by atoms with van der Waals surface area (Å²) in [5.74, 6) is 1.02. The van der Waals surface area contributed by atoms with Crippen LogP contribution in [0.25, 0.3) is 0 Å². The summed E-state index contributed by atoms with van der Waals surface area (Å²) in [5.41, 5.74) is 2.56. The Bertz CT molecular complexity index is 581. The molecule has 0 spiro atoms. The summed E-state index contributed by atoms with van der Waals surface area (Å²) in [7, 11) is 0. The number of hydrogen-bond acceptors (Lipinski definition) is 3. The fourth-order valence-electron chi connectivity index (χ4n) is 2.46. The molecule has 0 saturated heterocycles. The maximum Gasteiger partial charge on any atom is 0.122 e. The van der Waals surface area contributed by atoms with E-state index >= 15 is 0 Å². The summed E-state index contributed by atoms with van der Waals surface area (Å²) in [6, 6.07) is 8.58. The smallest absolute Gasteiger partial charge is 0.122 e. The van der Waals surface area contributed by atoms with E-state index in [2.05, 4.69) is 30.4 Å². The highest BCUT2D eigenvalue weighted by Crippen LogP contribution is 2.35. The molecule has 4 heteroatoms. The van der Waals surface area contributed by atoms with Crippen molar-refractivity contribution in [3.05, 3.63) is 50.7 Å². The van der Waals surface area contributed by atoms with Crippen molar-refractivity contribution in [1.82, 2.24) is 5.32 Å². The second-order valence-corrected chi connectivity index (χ2v) is 5.94. The Kier molecular flexibility index (Phi) is 3.78. The summed E-state index contributed by atoms with van der Waals surface area (Å²) >= 11 is 7.98. The monoisotopic (exact) mass is 293 g/mol. The molecular weight excluding hydrogens is 278 g/mol. The van der Waals surface area contributed by atoms with Crippen molar-refractivity contribution < 1.29 is 4.74 Å². The van der Waals surface area contributed by atoms with Crippen molar-refractivity contribution in [1.29, 1.82) is 0 Å². The Morgan fingerprint density at radius 2 is 2.32 bits per heavy atom. The number of rotatable bonds is 4. The molecule has 2 heterocycles. The van der Waals surface area contributed by atoms with Gasteiger partial charge in [-0.25, -0.2) is 0 Å². The third-order valence-corrected chi connectivity index (χ3v) is 4.79. The van der Waals surface area contributed by atoms with E-state index in [1.807, 2.05) is 11.4 Å². The van der Waals surface area contributed by atoms with Gasteiger partial charge in [0.05, 0.1) is 17.7 Å². The minimum atomic E-state index is 0.170. The number of halogens is 1. The van der Waals surface area contributed by atoms with Crippen molar-refractivity contribution >= 4 is 22.9 Å². The molecular formula is C15H16ClNOS. The van der Waals surface area contributed by atoms with Crippen LogP contribution in [0.4, 0.5) is 0 Å². The summed E-state index contributed by atoms with van der Waals surface area (Å²) in [6.07, 6.45) is 1.00. The van der Waals surface area contributed by atoms with Crippen LogP contribution in [0.15, 0.2) is 29.6 Å². The lowest BCUT2D eigenvalue weighted by molar-refractivity contribution is 0.357. The second kappa shape index (κ2) is 5.53. The van der Waals surface area contributed by atoms with Gasteiger partial charge in [0.2, 0.25) is 0 Å². The molecule has 0 aliphatic carbocycles. The van der Waals surface area contributed by atoms with E-state index in [1.54, 1.807) is 11.3 Å². The fourth-order valence-corrected chi connectivity index (χ4v) is 3.73. The zero-order chi connectivity index (χ0) is 13.2. The SMILES string of the molecule is CCNC(c1ccc2c(c1)CCO2)c1sccc1Cl. The van der Waals surface area contributed by atoms with Crippen LogP contribution >= 0.6 is 22.9 Å². The molecule has 0 radical (unpaired) electrons. The number of nitrogens with one attached hydrogen (secondary N) is 1. The zero-order valence-electron chi connectivity index (χ0n) is 10.8. The van der Waals surface area contributed by atoms with Gasteiger partial charge in [-0.2, -0.15) is 0 Å². The highest BCUT2D eigenvalue weighted by atomic mass is 35.5. The summed E-state index contributed by atoms with van der Waals surface area (Å²) in [4.78, 5) is 1.18. The van der Waals surface area contributed by atoms with E-state index in [4.69, 9.17) is 16.3 Å². The predicted octanol–water partition coefficient (Wildman–Crippen LogP) is 4.04. The molecule has 2 nitrogen and oxygen atoms in total. The highest BCUT2D eigenvalue weighted by molar-refractivity contribution is 7.10. The van der Waals surface area contributed by atoms with Gasteiger partial charge in [0.25, 0.3) is 0 Å². The average Bonchev–Trinajstić information content (AvgIpc) is 3.03. The molecule has 2 aromatic rings. The lowest BCUT2D eigenvalue weighted by Crippen LogP contribution is -2.21. The molecule has 1 aliphatic heterocycles. The number of benzene rings is 1. The average molecular weight is 294 g/mol. The van der Waals surface area contributed by atoms with Gasteiger partial charge in [0.15, 0.2) is 0 Å². The molecule has 0 fully saturated rings. The van der Waals surface area contributed by atoms with Crippen LogP contribution in [-0.4, -0.2) is 13.2 Å². The minimum absolute atomic E-state index is 0.170. The zero-order valence-corrected chi connectivity index (χ0v) is 12.4. The molecule has 1 aliphatic rings. The number of fused-ring (bicyclic) bond motifs is 1. The quantitative estimate of drug-likeness (QED) is 0.919. The van der Waals surface area contributed by atoms with Gasteiger partial charge in [-0.15, -0.1) is 11.3 Å². The van der Waals surface area contributed by atoms with E-state index in [9.17, 15) is 0 Å². The van der Waals surface area contributed by atoms with Gasteiger partial charge in [-0.3, -0.25) is 0 Å². The van der Waals surface area contributed by atoms with Crippen LogP contribution < -0.4 is 10.1 Å². The molecule has 3 rings (SSSR count). The first kappa shape index (κ1) is 13.0. The lowest BCUT2D eigenvalue weighted by atomic mass is 10.0. The molecule has 19 heavy (non-hydrogen) atoms. The first-order valence-electron chi connectivity index (χ1n) is 6.51. The van der Waals surface area contributed by atoms with Crippen LogP contribution in [0.1, 0.15) is 29.0 Å². The fraction of sp³-hybridized carbons (Fsp3) is 0.333. The van der Waals surface area contributed by atoms with Crippen LogP contribution in [0, 0.1) is 0 Å². The van der Waals surface area contributed by atoms with Crippen molar-refractivity contribution in [2.24, 2.45) is 0 Å². The van der Waals surface area contributed by atoms with E-state index in [1.165, 1.54) is 16.0 Å². The third kappa shape index (κ3) is 2.50. The summed E-state index contributed by atoms with van der Waals surface area (Å²) < 4.78 is 5.56. The van der Waals surface area contributed by atoms with Crippen LogP contribution in [0.3, 0.4) is 0 Å². The molecule has 0 saturated carbocycles. The normalized spacial score (nSPS) is 15.1. The maximum atomic E-state index is 6.28. The van der Waals surface area contributed by atoms with Crippen LogP contribution in [-0.2, 0) is 6.42 Å². The Morgan fingerprint density at radius 1 is 1.42 bits per heavy atom. The van der Waals surface area contributed by atoms with Crippen molar-refractivity contribution in [3.8, 4) is 5.75 Å². The van der Waals surface area contributed by atoms with Crippen LogP contribution in [0.2, 0.25) is 5.02 Å². The van der Waals surface area contributed by atoms with Crippen molar-refractivity contribution in [2.45, 2.75) is 19.4 Å². The topological polar surface area (TPSA) is 21.3 Å². The van der Waals surface area contributed by atoms with Crippen molar-refractivity contribution in [2.75, 3.05) is 13.2 Å². The first-order chi connectivity index (χ1) is 9.29. The van der Waals surface area contributed by atoms with E-state index in [-0.39, 0.29) is 6.04 Å². The van der Waals surface area contributed by atoms with Gasteiger partial charge in [0, 0.05) is 11.3 Å². The first-order valence-corrected chi connectivity index (χ1v) is 7.77. The molecule has 1 aromatic heterocycles. The van der Waals surface area contributed by atoms with E-state index in [0.717, 1.165) is 30.3 Å². The van der Waals surface area contributed by atoms with Gasteiger partial charge in [-0.1, -0.05) is 30.7 Å². The largest absolute Gasteiger partial charge is 0.493 e. The molecule has 1 N–H and O–H groups in total. The molecule has 100 valence electrons. The summed E-state index contributed by atoms with van der Waals surface area (Å²) in [6.45, 7) is 3.82. The van der Waals surface area contributed by atoms with Crippen LogP contribution in [0.5, 0.6) is 5.75 Å². The molecule has 1 atom stereocenters. The van der Waals surface area contributed by atoms with E-state index < -0.39 is 0 Å². The number of thiophene rings is 1. The standard InChI is InChI=1S/C15H16ClNOS/c1-2-17-14(15-12(16)6-8-19-15)11-3-4-13-10(9-11)5-7-18-13/h3-4,6,8-9,14,17H,2,5,7H2,1H3. The van der Waals surface area contributed by atoms with Gasteiger partial charge >= 0.3 is 0 Å². The third-order valence-electron chi connectivity index (χ3n) is 3.36. The molecule has 1 unspecified atom stereocenters. The Labute approximate surface area is 122 Å². The molecule has 0 amide bonds. The molecule has 1 aromatic carbocycles. The minimum Gasteiger partial charge on any atom is -0.493 e. The van der Waals surface area contributed by atoms with Gasteiger partial charge < -0.3 is 10.1 Å². The Morgan fingerprint density at radius 3 is 3.05 bits per heavy atom. The lowest BCUT2D eigenvalue weighted by Gasteiger charge is -2.18. The van der Waals surface area contributed by atoms with Gasteiger partial charge in [0.1, 0.15) is 5.75 Å². The molecule has 0 bridgehead atoms. The Hall–Kier alpha value is -1.03. The number of ether oxygens (including phenoxy) is 1. The predicted molar refractivity (Wildman–Crippen MR) is 80.5 cm³/mol. The second-order valence-electron chi connectivity index (χ2n) is 4.59.